The van der Waals surface area contributed by atoms with Crippen molar-refractivity contribution in [1.29, 1.82) is 0 Å². The van der Waals surface area contributed by atoms with Crippen molar-refractivity contribution in [3.63, 3.8) is 0 Å². The quantitative estimate of drug-likeness (QED) is 0.774. The monoisotopic (exact) mass is 353 g/mol. The van der Waals surface area contributed by atoms with Gasteiger partial charge in [0.05, 0.1) is 18.4 Å². The molecule has 0 N–H and O–H groups in total. The maximum absolute atomic E-state index is 11.5. The molecule has 0 amide bonds. The number of methoxy groups -OCH3 is 1. The molecular weight excluding hydrogens is 326 g/mol. The number of carbonyl (C=O) groups excluding carboxylic acids is 1. The maximum atomic E-state index is 11.5. The average Bonchev–Trinajstić information content (AvgIpc) is 2.65. The van der Waals surface area contributed by atoms with Gasteiger partial charge in [0, 0.05) is 44.5 Å². The van der Waals surface area contributed by atoms with Crippen LogP contribution in [-0.4, -0.2) is 53.0 Å². The first-order valence-electron chi connectivity index (χ1n) is 9.12. The molecule has 0 radical (unpaired) electrons. The first-order chi connectivity index (χ1) is 12.6. The molecule has 1 fully saturated rings. The van der Waals surface area contributed by atoms with Gasteiger partial charge in [0.25, 0.3) is 0 Å². The number of hydrogen-bond donors (Lipinski definition) is 0. The zero-order valence-corrected chi connectivity index (χ0v) is 15.8. The molecule has 2 heterocycles. The second kappa shape index (κ2) is 8.43. The van der Waals surface area contributed by atoms with Gasteiger partial charge in [-0.3, -0.25) is 14.8 Å². The fourth-order valence-electron chi connectivity index (χ4n) is 3.69. The topological polar surface area (TPSA) is 45.7 Å². The van der Waals surface area contributed by atoms with Gasteiger partial charge in [0.2, 0.25) is 0 Å². The Morgan fingerprint density at radius 3 is 2.35 bits per heavy atom. The lowest BCUT2D eigenvalue weighted by atomic mass is 10.1. The standard InChI is InChI=1S/C21H27N3O2/c1-16-12-23(14-18-7-5-4-6-8-18)13-17(2)24(16)15-20-10-9-19(11-22-20)21(25)26-3/h4-11,16-17H,12-15H2,1-3H3/t16-,17+. The van der Waals surface area contributed by atoms with Crippen LogP contribution in [0.3, 0.4) is 0 Å². The molecule has 138 valence electrons. The highest BCUT2D eigenvalue weighted by atomic mass is 16.5. The maximum Gasteiger partial charge on any atom is 0.339 e. The highest BCUT2D eigenvalue weighted by Gasteiger charge is 2.29. The van der Waals surface area contributed by atoms with Crippen LogP contribution in [0.25, 0.3) is 0 Å². The molecule has 0 saturated carbocycles. The van der Waals surface area contributed by atoms with E-state index in [1.165, 1.54) is 12.7 Å². The van der Waals surface area contributed by atoms with E-state index in [-0.39, 0.29) is 5.97 Å². The number of nitrogens with zero attached hydrogens (tertiary/aromatic N) is 3. The van der Waals surface area contributed by atoms with E-state index >= 15 is 0 Å². The molecule has 0 aliphatic carbocycles. The zero-order valence-electron chi connectivity index (χ0n) is 15.8. The van der Waals surface area contributed by atoms with E-state index in [1.54, 1.807) is 12.3 Å². The van der Waals surface area contributed by atoms with Crippen molar-refractivity contribution in [3.8, 4) is 0 Å². The molecule has 0 unspecified atom stereocenters. The summed E-state index contributed by atoms with van der Waals surface area (Å²) in [7, 11) is 1.38. The predicted octanol–water partition coefficient (Wildman–Crippen LogP) is 2.96. The minimum atomic E-state index is -0.347. The van der Waals surface area contributed by atoms with Gasteiger partial charge in [-0.05, 0) is 31.5 Å². The Morgan fingerprint density at radius 2 is 1.77 bits per heavy atom. The lowest BCUT2D eigenvalue weighted by Crippen LogP contribution is -2.55. The van der Waals surface area contributed by atoms with Gasteiger partial charge in [-0.1, -0.05) is 30.3 Å². The molecule has 2 aromatic rings. The molecule has 26 heavy (non-hydrogen) atoms. The van der Waals surface area contributed by atoms with Crippen molar-refractivity contribution >= 4 is 5.97 Å². The third-order valence-electron chi connectivity index (χ3n) is 5.02. The van der Waals surface area contributed by atoms with Crippen LogP contribution in [-0.2, 0) is 17.8 Å². The summed E-state index contributed by atoms with van der Waals surface area (Å²) < 4.78 is 4.73. The molecular formula is C21H27N3O2. The van der Waals surface area contributed by atoms with Crippen LogP contribution < -0.4 is 0 Å². The third-order valence-corrected chi connectivity index (χ3v) is 5.02. The summed E-state index contributed by atoms with van der Waals surface area (Å²) in [6.07, 6.45) is 1.60. The first kappa shape index (κ1) is 18.5. The number of pyridine rings is 1. The Morgan fingerprint density at radius 1 is 1.08 bits per heavy atom. The van der Waals surface area contributed by atoms with Gasteiger partial charge >= 0.3 is 5.97 Å². The fourth-order valence-corrected chi connectivity index (χ4v) is 3.69. The predicted molar refractivity (Wildman–Crippen MR) is 102 cm³/mol. The molecule has 1 aliphatic rings. The largest absolute Gasteiger partial charge is 0.465 e. The molecule has 1 aliphatic heterocycles. The lowest BCUT2D eigenvalue weighted by molar-refractivity contribution is 0.0281. The Balaban J connectivity index is 1.60. The van der Waals surface area contributed by atoms with E-state index < -0.39 is 0 Å². The number of ether oxygens (including phenoxy) is 1. The first-order valence-corrected chi connectivity index (χ1v) is 9.12. The Labute approximate surface area is 155 Å². The number of hydrogen-bond acceptors (Lipinski definition) is 5. The van der Waals surface area contributed by atoms with Crippen LogP contribution in [0, 0.1) is 0 Å². The summed E-state index contributed by atoms with van der Waals surface area (Å²) >= 11 is 0. The van der Waals surface area contributed by atoms with Crippen LogP contribution in [0.1, 0.15) is 35.5 Å². The molecule has 2 atom stereocenters. The van der Waals surface area contributed by atoms with Crippen molar-refractivity contribution in [2.75, 3.05) is 20.2 Å². The molecule has 1 saturated heterocycles. The Hall–Kier alpha value is -2.24. The molecule has 1 aromatic carbocycles. The second-order valence-electron chi connectivity index (χ2n) is 7.08. The number of esters is 1. The normalized spacial score (nSPS) is 21.5. The fraction of sp³-hybridized carbons (Fsp3) is 0.429. The van der Waals surface area contributed by atoms with Crippen molar-refractivity contribution in [2.45, 2.75) is 39.0 Å². The molecule has 1 aromatic heterocycles. The van der Waals surface area contributed by atoms with Crippen molar-refractivity contribution in [2.24, 2.45) is 0 Å². The van der Waals surface area contributed by atoms with Crippen molar-refractivity contribution in [3.05, 3.63) is 65.5 Å². The van der Waals surface area contributed by atoms with Gasteiger partial charge < -0.3 is 4.74 Å². The Bertz CT molecular complexity index is 706. The minimum absolute atomic E-state index is 0.347. The van der Waals surface area contributed by atoms with Gasteiger partial charge in [-0.25, -0.2) is 4.79 Å². The van der Waals surface area contributed by atoms with Gasteiger partial charge in [0.1, 0.15) is 0 Å². The minimum Gasteiger partial charge on any atom is -0.465 e. The van der Waals surface area contributed by atoms with E-state index in [0.717, 1.165) is 31.9 Å². The molecule has 5 heteroatoms. The molecule has 0 bridgehead atoms. The second-order valence-corrected chi connectivity index (χ2v) is 7.08. The number of carbonyl (C=O) groups is 1. The number of rotatable bonds is 5. The highest BCUT2D eigenvalue weighted by Crippen LogP contribution is 2.20. The van der Waals surface area contributed by atoms with E-state index in [9.17, 15) is 4.79 Å². The van der Waals surface area contributed by atoms with Crippen molar-refractivity contribution < 1.29 is 9.53 Å². The van der Waals surface area contributed by atoms with Gasteiger partial charge in [-0.15, -0.1) is 0 Å². The van der Waals surface area contributed by atoms with Crippen molar-refractivity contribution in [1.82, 2.24) is 14.8 Å². The van der Waals surface area contributed by atoms with E-state index in [4.69, 9.17) is 4.74 Å². The van der Waals surface area contributed by atoms with Crippen LogP contribution in [0.4, 0.5) is 0 Å². The van der Waals surface area contributed by atoms with Crippen LogP contribution in [0.5, 0.6) is 0 Å². The number of aromatic nitrogens is 1. The summed E-state index contributed by atoms with van der Waals surface area (Å²) in [6, 6.07) is 15.2. The van der Waals surface area contributed by atoms with Crippen LogP contribution in [0.2, 0.25) is 0 Å². The van der Waals surface area contributed by atoms with Gasteiger partial charge in [0.15, 0.2) is 0 Å². The molecule has 3 rings (SSSR count). The van der Waals surface area contributed by atoms with Crippen LogP contribution in [0.15, 0.2) is 48.7 Å². The molecule has 0 spiro atoms. The summed E-state index contributed by atoms with van der Waals surface area (Å²) in [4.78, 5) is 21.0. The van der Waals surface area contributed by atoms with E-state index in [2.05, 4.69) is 59.0 Å². The summed E-state index contributed by atoms with van der Waals surface area (Å²) in [5.74, 6) is -0.347. The van der Waals surface area contributed by atoms with E-state index in [0.29, 0.717) is 17.6 Å². The van der Waals surface area contributed by atoms with Crippen LogP contribution >= 0.6 is 0 Å². The third kappa shape index (κ3) is 4.48. The Kier molecular flexibility index (Phi) is 6.01. The average molecular weight is 353 g/mol. The number of benzene rings is 1. The summed E-state index contributed by atoms with van der Waals surface area (Å²) in [6.45, 7) is 8.42. The zero-order chi connectivity index (χ0) is 18.5. The summed E-state index contributed by atoms with van der Waals surface area (Å²) in [5.41, 5.74) is 2.83. The lowest BCUT2D eigenvalue weighted by Gasteiger charge is -2.44. The molecule has 5 nitrogen and oxygen atoms in total. The SMILES string of the molecule is COC(=O)c1ccc(CN2[C@H](C)CN(Cc3ccccc3)C[C@@H]2C)nc1. The van der Waals surface area contributed by atoms with E-state index in [1.807, 2.05) is 6.07 Å². The number of piperazine rings is 1. The van der Waals surface area contributed by atoms with Gasteiger partial charge in [-0.2, -0.15) is 0 Å². The highest BCUT2D eigenvalue weighted by molar-refractivity contribution is 5.88. The smallest absolute Gasteiger partial charge is 0.339 e. The summed E-state index contributed by atoms with van der Waals surface area (Å²) in [5, 5.41) is 0.